The molecule has 1 N–H and O–H groups in total. The summed E-state index contributed by atoms with van der Waals surface area (Å²) >= 11 is 1.50. The fourth-order valence-electron chi connectivity index (χ4n) is 2.28. The van der Waals surface area contributed by atoms with Crippen molar-refractivity contribution in [3.05, 3.63) is 29.0 Å². The molecule has 1 amide bonds. The van der Waals surface area contributed by atoms with Crippen LogP contribution in [0, 0.1) is 12.8 Å². The second-order valence-corrected chi connectivity index (χ2v) is 6.12. The lowest BCUT2D eigenvalue weighted by molar-refractivity contribution is -0.120. The number of nitrogens with zero attached hydrogens (tertiary/aromatic N) is 1. The Morgan fingerprint density at radius 2 is 2.43 bits per heavy atom. The number of thiazole rings is 1. The van der Waals surface area contributed by atoms with Gasteiger partial charge in [-0.2, -0.15) is 0 Å². The van der Waals surface area contributed by atoms with Gasteiger partial charge in [0.05, 0.1) is 18.7 Å². The molecule has 1 saturated heterocycles. The Morgan fingerprint density at radius 1 is 1.52 bits per heavy atom. The summed E-state index contributed by atoms with van der Waals surface area (Å²) < 4.78 is 10.8. The Kier molecular flexibility index (Phi) is 4.36. The molecule has 2 aromatic heterocycles. The molecule has 3 rings (SSSR count). The van der Waals surface area contributed by atoms with Crippen molar-refractivity contribution in [3.63, 3.8) is 0 Å². The predicted octanol–water partition coefficient (Wildman–Crippen LogP) is 2.41. The summed E-state index contributed by atoms with van der Waals surface area (Å²) in [5.74, 6) is 2.07. The molecule has 1 aliphatic rings. The summed E-state index contributed by atoms with van der Waals surface area (Å²) in [6.45, 7) is 4.14. The molecule has 2 aromatic rings. The zero-order valence-corrected chi connectivity index (χ0v) is 12.7. The van der Waals surface area contributed by atoms with E-state index in [9.17, 15) is 4.79 Å². The minimum atomic E-state index is 0.00868. The van der Waals surface area contributed by atoms with Crippen LogP contribution < -0.4 is 5.32 Å². The number of nitrogens with one attached hydrogen (secondary N) is 1. The van der Waals surface area contributed by atoms with Crippen LogP contribution in [-0.2, 0) is 16.0 Å². The number of carbonyl (C=O) groups excluding carboxylic acids is 1. The lowest BCUT2D eigenvalue weighted by atomic mass is 10.1. The minimum Gasteiger partial charge on any atom is -0.459 e. The summed E-state index contributed by atoms with van der Waals surface area (Å²) in [5, 5.41) is 5.67. The molecule has 0 aliphatic carbocycles. The van der Waals surface area contributed by atoms with Crippen molar-refractivity contribution in [1.29, 1.82) is 0 Å². The molecule has 6 heteroatoms. The summed E-state index contributed by atoms with van der Waals surface area (Å²) in [6.07, 6.45) is 1.34. The van der Waals surface area contributed by atoms with Crippen molar-refractivity contribution < 1.29 is 13.9 Å². The predicted molar refractivity (Wildman–Crippen MR) is 80.2 cm³/mol. The van der Waals surface area contributed by atoms with E-state index in [4.69, 9.17) is 9.15 Å². The van der Waals surface area contributed by atoms with E-state index in [2.05, 4.69) is 10.3 Å². The molecule has 1 fully saturated rings. The largest absolute Gasteiger partial charge is 0.459 e. The molecule has 1 unspecified atom stereocenters. The van der Waals surface area contributed by atoms with Crippen LogP contribution >= 0.6 is 11.3 Å². The molecule has 0 bridgehead atoms. The number of furan rings is 1. The molecule has 5 nitrogen and oxygen atoms in total. The number of ether oxygens (including phenoxy) is 1. The average molecular weight is 306 g/mol. The summed E-state index contributed by atoms with van der Waals surface area (Å²) in [7, 11) is 0. The molecule has 0 aromatic carbocycles. The average Bonchev–Trinajstić information content (AvgIpc) is 3.17. The van der Waals surface area contributed by atoms with Gasteiger partial charge < -0.3 is 14.5 Å². The lowest BCUT2D eigenvalue weighted by Gasteiger charge is -2.08. The lowest BCUT2D eigenvalue weighted by Crippen LogP contribution is -2.30. The first kappa shape index (κ1) is 14.3. The van der Waals surface area contributed by atoms with E-state index in [-0.39, 0.29) is 5.91 Å². The minimum absolute atomic E-state index is 0.00868. The van der Waals surface area contributed by atoms with Gasteiger partial charge in [0, 0.05) is 24.4 Å². The van der Waals surface area contributed by atoms with Crippen molar-refractivity contribution in [2.75, 3.05) is 19.8 Å². The second-order valence-electron chi connectivity index (χ2n) is 5.26. The number of carbonyl (C=O) groups is 1. The van der Waals surface area contributed by atoms with Gasteiger partial charge in [-0.25, -0.2) is 4.98 Å². The van der Waals surface area contributed by atoms with Crippen molar-refractivity contribution in [2.45, 2.75) is 19.8 Å². The van der Waals surface area contributed by atoms with Gasteiger partial charge in [0.2, 0.25) is 5.91 Å². The fourth-order valence-corrected chi connectivity index (χ4v) is 3.06. The number of hydrogen-bond acceptors (Lipinski definition) is 5. The van der Waals surface area contributed by atoms with Crippen molar-refractivity contribution in [3.8, 4) is 10.8 Å². The third kappa shape index (κ3) is 3.71. The molecule has 3 heterocycles. The quantitative estimate of drug-likeness (QED) is 0.921. The van der Waals surface area contributed by atoms with E-state index in [0.717, 1.165) is 41.9 Å². The Hall–Kier alpha value is -1.66. The maximum absolute atomic E-state index is 11.9. The molecule has 0 spiro atoms. The van der Waals surface area contributed by atoms with Crippen LogP contribution in [-0.4, -0.2) is 30.6 Å². The van der Waals surface area contributed by atoms with Crippen molar-refractivity contribution in [2.24, 2.45) is 5.92 Å². The van der Waals surface area contributed by atoms with E-state index in [1.807, 2.05) is 24.4 Å². The monoisotopic (exact) mass is 306 g/mol. The van der Waals surface area contributed by atoms with E-state index in [0.29, 0.717) is 18.9 Å². The van der Waals surface area contributed by atoms with Gasteiger partial charge in [-0.15, -0.1) is 11.3 Å². The first-order valence-electron chi connectivity index (χ1n) is 7.06. The van der Waals surface area contributed by atoms with Crippen LogP contribution in [0.1, 0.15) is 17.9 Å². The topological polar surface area (TPSA) is 64.4 Å². The van der Waals surface area contributed by atoms with Crippen LogP contribution in [0.5, 0.6) is 0 Å². The molecule has 21 heavy (non-hydrogen) atoms. The molecule has 1 aliphatic heterocycles. The first-order valence-corrected chi connectivity index (χ1v) is 7.94. The number of amides is 1. The Labute approximate surface area is 127 Å². The Bertz CT molecular complexity index is 614. The van der Waals surface area contributed by atoms with Crippen LogP contribution in [0.25, 0.3) is 10.8 Å². The highest BCUT2D eigenvalue weighted by molar-refractivity contribution is 7.13. The van der Waals surface area contributed by atoms with Crippen LogP contribution in [0.4, 0.5) is 0 Å². The summed E-state index contributed by atoms with van der Waals surface area (Å²) in [6, 6.07) is 3.81. The van der Waals surface area contributed by atoms with Gasteiger partial charge in [-0.1, -0.05) is 0 Å². The number of rotatable bonds is 5. The number of aromatic nitrogens is 1. The maximum atomic E-state index is 11.9. The van der Waals surface area contributed by atoms with E-state index >= 15 is 0 Å². The zero-order chi connectivity index (χ0) is 14.7. The Morgan fingerprint density at radius 3 is 3.14 bits per heavy atom. The smallest absolute Gasteiger partial charge is 0.226 e. The molecular weight excluding hydrogens is 288 g/mol. The van der Waals surface area contributed by atoms with Gasteiger partial charge in [0.15, 0.2) is 10.8 Å². The maximum Gasteiger partial charge on any atom is 0.226 e. The molecule has 1 atom stereocenters. The summed E-state index contributed by atoms with van der Waals surface area (Å²) in [4.78, 5) is 16.4. The van der Waals surface area contributed by atoms with Crippen LogP contribution in [0.3, 0.4) is 0 Å². The molecule has 0 saturated carbocycles. The number of aryl methyl sites for hydroxylation is 1. The zero-order valence-electron chi connectivity index (χ0n) is 11.9. The molecular formula is C15H18N2O3S. The highest BCUT2D eigenvalue weighted by Crippen LogP contribution is 2.25. The molecule has 0 radical (unpaired) electrons. The van der Waals surface area contributed by atoms with Gasteiger partial charge in [-0.3, -0.25) is 4.79 Å². The molecule has 112 valence electrons. The normalized spacial score (nSPS) is 18.0. The van der Waals surface area contributed by atoms with E-state index in [1.54, 1.807) is 0 Å². The van der Waals surface area contributed by atoms with Gasteiger partial charge in [0.1, 0.15) is 5.76 Å². The van der Waals surface area contributed by atoms with Gasteiger partial charge in [-0.05, 0) is 25.5 Å². The second kappa shape index (κ2) is 6.41. The van der Waals surface area contributed by atoms with Crippen LogP contribution in [0.2, 0.25) is 0 Å². The number of hydrogen-bond donors (Lipinski definition) is 1. The highest BCUT2D eigenvalue weighted by Gasteiger charge is 2.17. The van der Waals surface area contributed by atoms with Gasteiger partial charge in [0.25, 0.3) is 0 Å². The van der Waals surface area contributed by atoms with E-state index in [1.165, 1.54) is 11.3 Å². The third-order valence-corrected chi connectivity index (χ3v) is 4.36. The third-order valence-electron chi connectivity index (χ3n) is 3.46. The fraction of sp³-hybridized carbons (Fsp3) is 0.467. The Balaban J connectivity index is 1.53. The van der Waals surface area contributed by atoms with Crippen molar-refractivity contribution in [1.82, 2.24) is 10.3 Å². The van der Waals surface area contributed by atoms with E-state index < -0.39 is 0 Å². The first-order chi connectivity index (χ1) is 10.2. The summed E-state index contributed by atoms with van der Waals surface area (Å²) in [5.41, 5.74) is 0.782. The standard InChI is InChI=1S/C15H18N2O3S/c1-10-2-3-13(20-10)15-17-12(9-21-15)6-14(18)16-7-11-4-5-19-8-11/h2-3,9,11H,4-8H2,1H3,(H,16,18). The van der Waals surface area contributed by atoms with Crippen molar-refractivity contribution >= 4 is 17.2 Å². The van der Waals surface area contributed by atoms with Crippen LogP contribution in [0.15, 0.2) is 21.9 Å². The SMILES string of the molecule is Cc1ccc(-c2nc(CC(=O)NCC3CCOC3)cs2)o1. The highest BCUT2D eigenvalue weighted by atomic mass is 32.1. The van der Waals surface area contributed by atoms with Gasteiger partial charge >= 0.3 is 0 Å².